The van der Waals surface area contributed by atoms with E-state index in [1.54, 1.807) is 19.5 Å². The van der Waals surface area contributed by atoms with Crippen molar-refractivity contribution in [2.75, 3.05) is 7.11 Å². The first kappa shape index (κ1) is 20.4. The van der Waals surface area contributed by atoms with Gasteiger partial charge in [-0.3, -0.25) is 9.78 Å². The number of hydrogen-bond acceptors (Lipinski definition) is 6. The summed E-state index contributed by atoms with van der Waals surface area (Å²) in [6, 6.07) is 12.0. The minimum atomic E-state index is -0.177. The first-order valence-corrected chi connectivity index (χ1v) is 11.8. The fourth-order valence-electron chi connectivity index (χ4n) is 6.08. The molecule has 3 aromatic rings. The van der Waals surface area contributed by atoms with Crippen molar-refractivity contribution in [3.63, 3.8) is 0 Å². The molecule has 7 heteroatoms. The number of rotatable bonds is 7. The standard InChI is InChI=1S/C26H28N4O3/c1-32-20-8-6-19(7-9-20)26(10-11-26)25-29-24(33-30-25)22-18-5-4-17(13-18)21(22)23(31)28-15-16-3-2-12-27-14-16/h2-3,6-9,12,14,17-18,21-22H,4-5,10-11,13,15H2,1H3,(H,28,31)/t17-,18+,21-,22-/m0/s1. The molecule has 2 heterocycles. The largest absolute Gasteiger partial charge is 0.497 e. The average Bonchev–Trinajstić information content (AvgIpc) is 3.19. The van der Waals surface area contributed by atoms with E-state index in [-0.39, 0.29) is 23.2 Å². The molecule has 3 aliphatic rings. The number of benzene rings is 1. The molecular formula is C26H28N4O3. The molecule has 2 bridgehead atoms. The van der Waals surface area contributed by atoms with Crippen molar-refractivity contribution >= 4 is 5.91 Å². The summed E-state index contributed by atoms with van der Waals surface area (Å²) in [4.78, 5) is 22.3. The molecular weight excluding hydrogens is 416 g/mol. The van der Waals surface area contributed by atoms with E-state index in [1.165, 1.54) is 5.56 Å². The Hall–Kier alpha value is -3.22. The third kappa shape index (κ3) is 3.50. The van der Waals surface area contributed by atoms with Crippen LogP contribution in [0, 0.1) is 17.8 Å². The first-order valence-electron chi connectivity index (χ1n) is 11.8. The van der Waals surface area contributed by atoms with Crippen LogP contribution in [-0.4, -0.2) is 28.1 Å². The average molecular weight is 445 g/mol. The van der Waals surface area contributed by atoms with E-state index in [0.29, 0.717) is 24.3 Å². The lowest BCUT2D eigenvalue weighted by molar-refractivity contribution is -0.127. The molecule has 1 aromatic carbocycles. The number of aromatic nitrogens is 3. The zero-order chi connectivity index (χ0) is 22.4. The predicted octanol–water partition coefficient (Wildman–Crippen LogP) is 4.00. The van der Waals surface area contributed by atoms with Crippen LogP contribution in [0.15, 0.2) is 53.3 Å². The molecule has 6 rings (SSSR count). The quantitative estimate of drug-likeness (QED) is 0.592. The van der Waals surface area contributed by atoms with Crippen LogP contribution in [0.5, 0.6) is 5.75 Å². The zero-order valence-electron chi connectivity index (χ0n) is 18.7. The summed E-state index contributed by atoms with van der Waals surface area (Å²) in [6.07, 6.45) is 8.83. The van der Waals surface area contributed by atoms with Gasteiger partial charge in [0.05, 0.1) is 24.4 Å². The molecule has 0 spiro atoms. The van der Waals surface area contributed by atoms with E-state index in [4.69, 9.17) is 14.2 Å². The lowest BCUT2D eigenvalue weighted by atomic mass is 9.78. The van der Waals surface area contributed by atoms with Crippen molar-refractivity contribution in [1.82, 2.24) is 20.4 Å². The van der Waals surface area contributed by atoms with Gasteiger partial charge in [-0.15, -0.1) is 0 Å². The molecule has 7 nitrogen and oxygen atoms in total. The highest BCUT2D eigenvalue weighted by Gasteiger charge is 2.55. The van der Waals surface area contributed by atoms with Crippen molar-refractivity contribution in [2.45, 2.75) is 50.0 Å². The van der Waals surface area contributed by atoms with Gasteiger partial charge in [0.25, 0.3) is 0 Å². The van der Waals surface area contributed by atoms with Crippen LogP contribution in [0.25, 0.3) is 0 Å². The van der Waals surface area contributed by atoms with Crippen LogP contribution >= 0.6 is 0 Å². The SMILES string of the molecule is COc1ccc(C2(c3noc([C@H]4[C@@H]5CC[C@@H](C5)[C@@H]4C(=O)NCc4cccnc4)n3)CC2)cc1. The van der Waals surface area contributed by atoms with Crippen LogP contribution in [0.4, 0.5) is 0 Å². The molecule has 0 aliphatic heterocycles. The number of fused-ring (bicyclic) bond motifs is 2. The van der Waals surface area contributed by atoms with Gasteiger partial charge in [0.1, 0.15) is 5.75 Å². The van der Waals surface area contributed by atoms with Gasteiger partial charge >= 0.3 is 0 Å². The van der Waals surface area contributed by atoms with Crippen LogP contribution in [0.3, 0.4) is 0 Å². The van der Waals surface area contributed by atoms with Crippen molar-refractivity contribution in [1.29, 1.82) is 0 Å². The molecule has 1 N–H and O–H groups in total. The number of ether oxygens (including phenoxy) is 1. The van der Waals surface area contributed by atoms with Gasteiger partial charge in [0, 0.05) is 18.9 Å². The van der Waals surface area contributed by atoms with Gasteiger partial charge in [-0.05, 0) is 73.3 Å². The topological polar surface area (TPSA) is 90.1 Å². The summed E-state index contributed by atoms with van der Waals surface area (Å²) in [5, 5.41) is 7.56. The molecule has 0 radical (unpaired) electrons. The third-order valence-corrected chi connectivity index (χ3v) is 7.96. The second-order valence-electron chi connectivity index (χ2n) is 9.73. The van der Waals surface area contributed by atoms with Crippen molar-refractivity contribution < 1.29 is 14.1 Å². The predicted molar refractivity (Wildman–Crippen MR) is 120 cm³/mol. The third-order valence-electron chi connectivity index (χ3n) is 7.96. The number of methoxy groups -OCH3 is 1. The van der Waals surface area contributed by atoms with Crippen molar-refractivity contribution in [3.05, 3.63) is 71.6 Å². The summed E-state index contributed by atoms with van der Waals surface area (Å²) in [7, 11) is 1.67. The summed E-state index contributed by atoms with van der Waals surface area (Å²) in [5.41, 5.74) is 2.01. The minimum absolute atomic E-state index is 0.00515. The summed E-state index contributed by atoms with van der Waals surface area (Å²) in [5.74, 6) is 3.04. The Balaban J connectivity index is 1.23. The van der Waals surface area contributed by atoms with Gasteiger partial charge in [-0.2, -0.15) is 4.98 Å². The number of nitrogens with zero attached hydrogens (tertiary/aromatic N) is 3. The summed E-state index contributed by atoms with van der Waals surface area (Å²) >= 11 is 0. The first-order chi connectivity index (χ1) is 16.2. The van der Waals surface area contributed by atoms with Crippen molar-refractivity contribution in [2.24, 2.45) is 17.8 Å². The number of carbonyl (C=O) groups is 1. The Kier molecular flexibility index (Phi) is 4.93. The monoisotopic (exact) mass is 444 g/mol. The van der Waals surface area contributed by atoms with E-state index >= 15 is 0 Å². The number of hydrogen-bond donors (Lipinski definition) is 1. The second-order valence-corrected chi connectivity index (χ2v) is 9.73. The zero-order valence-corrected chi connectivity index (χ0v) is 18.7. The van der Waals surface area contributed by atoms with Gasteiger partial charge in [-0.1, -0.05) is 23.4 Å². The number of amides is 1. The molecule has 170 valence electrons. The van der Waals surface area contributed by atoms with Crippen LogP contribution in [0.1, 0.15) is 60.9 Å². The Labute approximate surface area is 193 Å². The smallest absolute Gasteiger partial charge is 0.230 e. The normalized spacial score (nSPS) is 26.8. The van der Waals surface area contributed by atoms with Crippen molar-refractivity contribution in [3.8, 4) is 5.75 Å². The fourth-order valence-corrected chi connectivity index (χ4v) is 6.08. The molecule has 3 fully saturated rings. The molecule has 4 atom stereocenters. The summed E-state index contributed by atoms with van der Waals surface area (Å²) in [6.45, 7) is 0.489. The van der Waals surface area contributed by atoms with E-state index in [0.717, 1.165) is 49.2 Å². The molecule has 3 aliphatic carbocycles. The number of pyridine rings is 1. The maximum absolute atomic E-state index is 13.3. The van der Waals surface area contributed by atoms with Gasteiger partial charge in [0.2, 0.25) is 11.8 Å². The molecule has 0 saturated heterocycles. The van der Waals surface area contributed by atoms with E-state index in [9.17, 15) is 4.79 Å². The fraction of sp³-hybridized carbons (Fsp3) is 0.462. The Bertz CT molecular complexity index is 1140. The van der Waals surface area contributed by atoms with Gasteiger partial charge in [0.15, 0.2) is 5.82 Å². The lowest BCUT2D eigenvalue weighted by Gasteiger charge is -2.27. The lowest BCUT2D eigenvalue weighted by Crippen LogP contribution is -2.37. The number of nitrogens with one attached hydrogen (secondary N) is 1. The Morgan fingerprint density at radius 1 is 1.18 bits per heavy atom. The minimum Gasteiger partial charge on any atom is -0.497 e. The number of carbonyl (C=O) groups excluding carboxylic acids is 1. The Morgan fingerprint density at radius 3 is 2.73 bits per heavy atom. The maximum Gasteiger partial charge on any atom is 0.230 e. The highest BCUT2D eigenvalue weighted by atomic mass is 16.5. The maximum atomic E-state index is 13.3. The molecule has 0 unspecified atom stereocenters. The van der Waals surface area contributed by atoms with Gasteiger partial charge < -0.3 is 14.6 Å². The second kappa shape index (κ2) is 7.97. The molecule has 3 saturated carbocycles. The van der Waals surface area contributed by atoms with E-state index < -0.39 is 0 Å². The van der Waals surface area contributed by atoms with Gasteiger partial charge in [-0.25, -0.2) is 0 Å². The summed E-state index contributed by atoms with van der Waals surface area (Å²) < 4.78 is 11.2. The van der Waals surface area contributed by atoms with Crippen LogP contribution in [-0.2, 0) is 16.8 Å². The molecule has 2 aromatic heterocycles. The molecule has 33 heavy (non-hydrogen) atoms. The van der Waals surface area contributed by atoms with E-state index in [1.807, 2.05) is 24.3 Å². The van der Waals surface area contributed by atoms with E-state index in [2.05, 4.69) is 27.6 Å². The highest BCUT2D eigenvalue weighted by molar-refractivity contribution is 5.80. The van der Waals surface area contributed by atoms with Crippen LogP contribution in [0.2, 0.25) is 0 Å². The Morgan fingerprint density at radius 2 is 2.00 bits per heavy atom. The molecule has 1 amide bonds. The van der Waals surface area contributed by atoms with Crippen LogP contribution < -0.4 is 10.1 Å². The highest BCUT2D eigenvalue weighted by Crippen LogP contribution is 2.57.